The Morgan fingerprint density at radius 1 is 1.28 bits per heavy atom. The summed E-state index contributed by atoms with van der Waals surface area (Å²) >= 11 is 0. The van der Waals surface area contributed by atoms with Crippen molar-refractivity contribution in [2.24, 2.45) is 0 Å². The van der Waals surface area contributed by atoms with Gasteiger partial charge in [0.15, 0.2) is 0 Å². The van der Waals surface area contributed by atoms with E-state index in [1.165, 1.54) is 5.56 Å². The molecule has 2 rings (SSSR count). The van der Waals surface area contributed by atoms with Gasteiger partial charge in [-0.25, -0.2) is 0 Å². The molecule has 1 fully saturated rings. The molecule has 0 aliphatic carbocycles. The third-order valence-corrected chi connectivity index (χ3v) is 3.44. The Morgan fingerprint density at radius 3 is 2.67 bits per heavy atom. The van der Waals surface area contributed by atoms with E-state index in [2.05, 4.69) is 4.90 Å². The molecular weight excluding hydrogens is 228 g/mol. The third kappa shape index (κ3) is 2.89. The lowest BCUT2D eigenvalue weighted by Crippen LogP contribution is -2.46. The fraction of sp³-hybridized carbons (Fsp3) is 0.500. The van der Waals surface area contributed by atoms with E-state index in [0.29, 0.717) is 6.54 Å². The Hall–Kier alpha value is -1.39. The van der Waals surface area contributed by atoms with Crippen molar-refractivity contribution in [3.05, 3.63) is 35.9 Å². The van der Waals surface area contributed by atoms with Crippen LogP contribution in [-0.2, 0) is 11.3 Å². The van der Waals surface area contributed by atoms with Gasteiger partial charge < -0.3 is 10.0 Å². The van der Waals surface area contributed by atoms with Crippen LogP contribution in [0.5, 0.6) is 0 Å². The zero-order valence-corrected chi connectivity index (χ0v) is 10.7. The summed E-state index contributed by atoms with van der Waals surface area (Å²) in [6.07, 6.45) is 0.950. The number of benzene rings is 1. The largest absolute Gasteiger partial charge is 0.394 e. The summed E-state index contributed by atoms with van der Waals surface area (Å²) in [6, 6.07) is 9.66. The van der Waals surface area contributed by atoms with Crippen molar-refractivity contribution in [2.75, 3.05) is 26.7 Å². The molecule has 1 aromatic carbocycles. The van der Waals surface area contributed by atoms with E-state index < -0.39 is 6.04 Å². The van der Waals surface area contributed by atoms with E-state index in [0.717, 1.165) is 19.5 Å². The first-order valence-corrected chi connectivity index (χ1v) is 6.36. The second-order valence-corrected chi connectivity index (χ2v) is 4.77. The minimum atomic E-state index is -0.405. The first-order valence-electron chi connectivity index (χ1n) is 6.36. The maximum atomic E-state index is 12.1. The average Bonchev–Trinajstić information content (AvgIpc) is 2.51. The van der Waals surface area contributed by atoms with Crippen LogP contribution in [-0.4, -0.2) is 53.6 Å². The van der Waals surface area contributed by atoms with Crippen LogP contribution in [0.3, 0.4) is 0 Å². The first-order chi connectivity index (χ1) is 8.72. The van der Waals surface area contributed by atoms with E-state index in [1.807, 2.05) is 30.3 Å². The molecule has 4 nitrogen and oxygen atoms in total. The molecule has 1 heterocycles. The van der Waals surface area contributed by atoms with Crippen LogP contribution in [0.2, 0.25) is 0 Å². The average molecular weight is 248 g/mol. The lowest BCUT2D eigenvalue weighted by molar-refractivity contribution is -0.135. The minimum Gasteiger partial charge on any atom is -0.394 e. The van der Waals surface area contributed by atoms with E-state index in [1.54, 1.807) is 11.9 Å². The lowest BCUT2D eigenvalue weighted by atomic mass is 10.1. The van der Waals surface area contributed by atoms with Gasteiger partial charge in [0.1, 0.15) is 6.04 Å². The summed E-state index contributed by atoms with van der Waals surface area (Å²) in [5.41, 5.74) is 1.17. The highest BCUT2D eigenvalue weighted by Crippen LogP contribution is 2.14. The number of amides is 1. The highest BCUT2D eigenvalue weighted by atomic mass is 16.3. The maximum Gasteiger partial charge on any atom is 0.242 e. The van der Waals surface area contributed by atoms with Gasteiger partial charge in [0.05, 0.1) is 6.61 Å². The normalized spacial score (nSPS) is 22.0. The van der Waals surface area contributed by atoms with Crippen molar-refractivity contribution in [3.63, 3.8) is 0 Å². The summed E-state index contributed by atoms with van der Waals surface area (Å²) < 4.78 is 0. The van der Waals surface area contributed by atoms with E-state index in [-0.39, 0.29) is 12.5 Å². The van der Waals surface area contributed by atoms with E-state index in [9.17, 15) is 9.90 Å². The predicted molar refractivity (Wildman–Crippen MR) is 70.0 cm³/mol. The van der Waals surface area contributed by atoms with Crippen LogP contribution >= 0.6 is 0 Å². The highest BCUT2D eigenvalue weighted by Gasteiger charge is 2.30. The van der Waals surface area contributed by atoms with Gasteiger partial charge in [-0.2, -0.15) is 0 Å². The standard InChI is InChI=1S/C14H20N2O2/c1-15-8-5-9-16(13(11-17)14(15)18)10-12-6-3-2-4-7-12/h2-4,6-7,13,17H,5,8-11H2,1H3. The smallest absolute Gasteiger partial charge is 0.242 e. The number of carbonyl (C=O) groups excluding carboxylic acids is 1. The molecule has 1 atom stereocenters. The van der Waals surface area contributed by atoms with Crippen LogP contribution < -0.4 is 0 Å². The minimum absolute atomic E-state index is 0.0194. The van der Waals surface area contributed by atoms with Gasteiger partial charge in [0.2, 0.25) is 5.91 Å². The highest BCUT2D eigenvalue weighted by molar-refractivity contribution is 5.82. The van der Waals surface area contributed by atoms with Crippen molar-refractivity contribution in [1.82, 2.24) is 9.80 Å². The molecule has 0 aromatic heterocycles. The molecule has 1 saturated heterocycles. The molecule has 1 aliphatic heterocycles. The Bertz CT molecular complexity index is 394. The number of rotatable bonds is 3. The molecule has 0 bridgehead atoms. The molecule has 98 valence electrons. The number of aliphatic hydroxyl groups excluding tert-OH is 1. The summed E-state index contributed by atoms with van der Waals surface area (Å²) in [4.78, 5) is 15.9. The van der Waals surface area contributed by atoms with Crippen molar-refractivity contribution in [2.45, 2.75) is 19.0 Å². The molecule has 1 unspecified atom stereocenters. The summed E-state index contributed by atoms with van der Waals surface area (Å²) in [5, 5.41) is 9.46. The fourth-order valence-electron chi connectivity index (χ4n) is 2.39. The van der Waals surface area contributed by atoms with Gasteiger partial charge in [-0.1, -0.05) is 30.3 Å². The van der Waals surface area contributed by atoms with Gasteiger partial charge >= 0.3 is 0 Å². The monoisotopic (exact) mass is 248 g/mol. The van der Waals surface area contributed by atoms with Gasteiger partial charge in [-0.05, 0) is 12.0 Å². The quantitative estimate of drug-likeness (QED) is 0.857. The number of hydrogen-bond donors (Lipinski definition) is 1. The first kappa shape index (κ1) is 13.1. The number of nitrogens with zero attached hydrogens (tertiary/aromatic N) is 2. The molecular formula is C14H20N2O2. The van der Waals surface area contributed by atoms with Crippen LogP contribution in [0.15, 0.2) is 30.3 Å². The van der Waals surface area contributed by atoms with Crippen molar-refractivity contribution in [1.29, 1.82) is 0 Å². The zero-order valence-electron chi connectivity index (χ0n) is 10.7. The summed E-state index contributed by atoms with van der Waals surface area (Å²) in [7, 11) is 1.80. The molecule has 1 N–H and O–H groups in total. The van der Waals surface area contributed by atoms with Crippen LogP contribution in [0, 0.1) is 0 Å². The second kappa shape index (κ2) is 5.98. The lowest BCUT2D eigenvalue weighted by Gasteiger charge is -2.28. The molecule has 0 spiro atoms. The molecule has 18 heavy (non-hydrogen) atoms. The SMILES string of the molecule is CN1CCCN(Cc2ccccc2)C(CO)C1=O. The molecule has 1 aromatic rings. The van der Waals surface area contributed by atoms with E-state index >= 15 is 0 Å². The van der Waals surface area contributed by atoms with Gasteiger partial charge in [-0.3, -0.25) is 9.69 Å². The van der Waals surface area contributed by atoms with Crippen LogP contribution in [0.1, 0.15) is 12.0 Å². The molecule has 0 radical (unpaired) electrons. The Kier molecular flexibility index (Phi) is 4.33. The molecule has 0 saturated carbocycles. The fourth-order valence-corrected chi connectivity index (χ4v) is 2.39. The second-order valence-electron chi connectivity index (χ2n) is 4.77. The molecule has 1 aliphatic rings. The molecule has 4 heteroatoms. The van der Waals surface area contributed by atoms with Crippen molar-refractivity contribution >= 4 is 5.91 Å². The maximum absolute atomic E-state index is 12.1. The Balaban J connectivity index is 2.12. The Labute approximate surface area is 108 Å². The number of likely N-dealkylation sites (N-methyl/N-ethyl adjacent to an activating group) is 1. The number of hydrogen-bond acceptors (Lipinski definition) is 3. The van der Waals surface area contributed by atoms with Gasteiger partial charge in [0.25, 0.3) is 0 Å². The Morgan fingerprint density at radius 2 is 2.00 bits per heavy atom. The van der Waals surface area contributed by atoms with E-state index in [4.69, 9.17) is 0 Å². The predicted octanol–water partition coefficient (Wildman–Crippen LogP) is 0.712. The van der Waals surface area contributed by atoms with Crippen molar-refractivity contribution < 1.29 is 9.90 Å². The molecule has 1 amide bonds. The summed E-state index contributed by atoms with van der Waals surface area (Å²) in [5.74, 6) is 0.0194. The number of carbonyl (C=O) groups is 1. The van der Waals surface area contributed by atoms with Gasteiger partial charge in [-0.15, -0.1) is 0 Å². The zero-order chi connectivity index (χ0) is 13.0. The van der Waals surface area contributed by atoms with Gasteiger partial charge in [0, 0.05) is 26.7 Å². The summed E-state index contributed by atoms with van der Waals surface area (Å²) in [6.45, 7) is 2.21. The van der Waals surface area contributed by atoms with Crippen LogP contribution in [0.4, 0.5) is 0 Å². The number of aliphatic hydroxyl groups is 1. The topological polar surface area (TPSA) is 43.8 Å². The third-order valence-electron chi connectivity index (χ3n) is 3.44. The van der Waals surface area contributed by atoms with Crippen molar-refractivity contribution in [3.8, 4) is 0 Å². The van der Waals surface area contributed by atoms with Crippen LogP contribution in [0.25, 0.3) is 0 Å².